The third-order valence-electron chi connectivity index (χ3n) is 5.18. The normalized spacial score (nSPS) is 28.9. The van der Waals surface area contributed by atoms with Gasteiger partial charge in [0, 0.05) is 6.04 Å². The van der Waals surface area contributed by atoms with Crippen LogP contribution < -0.4 is 5.32 Å². The van der Waals surface area contributed by atoms with Crippen molar-refractivity contribution in [2.45, 2.75) is 114 Å². The zero-order valence-electron chi connectivity index (χ0n) is 15.4. The Labute approximate surface area is 147 Å². The van der Waals surface area contributed by atoms with Crippen molar-refractivity contribution in [3.63, 3.8) is 0 Å². The van der Waals surface area contributed by atoms with E-state index in [0.29, 0.717) is 12.8 Å². The number of hydrogen-bond acceptors (Lipinski definition) is 5. The molecule has 24 heavy (non-hydrogen) atoms. The van der Waals surface area contributed by atoms with Crippen molar-refractivity contribution in [1.82, 2.24) is 5.32 Å². The number of aliphatic hydroxyl groups is 4. The first-order valence-corrected chi connectivity index (χ1v) is 9.99. The predicted molar refractivity (Wildman–Crippen MR) is 96.9 cm³/mol. The first-order valence-electron chi connectivity index (χ1n) is 9.99. The first-order chi connectivity index (χ1) is 11.6. The molecule has 0 aromatic rings. The fourth-order valence-corrected chi connectivity index (χ4v) is 3.63. The maximum Gasteiger partial charge on any atom is 0.0974 e. The van der Waals surface area contributed by atoms with Crippen molar-refractivity contribution >= 4 is 0 Å². The first kappa shape index (κ1) is 21.8. The zero-order valence-corrected chi connectivity index (χ0v) is 15.4. The second-order valence-corrected chi connectivity index (χ2v) is 7.45. The highest BCUT2D eigenvalue weighted by Crippen LogP contribution is 2.20. The highest BCUT2D eigenvalue weighted by atomic mass is 16.3. The predicted octanol–water partition coefficient (Wildman–Crippen LogP) is 2.10. The van der Waals surface area contributed by atoms with Crippen LogP contribution in [0.2, 0.25) is 0 Å². The molecule has 144 valence electrons. The van der Waals surface area contributed by atoms with E-state index < -0.39 is 18.2 Å². The van der Waals surface area contributed by atoms with Crippen LogP contribution in [0.25, 0.3) is 0 Å². The molecule has 1 heterocycles. The molecule has 0 amide bonds. The van der Waals surface area contributed by atoms with Crippen molar-refractivity contribution in [2.75, 3.05) is 6.61 Å². The average Bonchev–Trinajstić information content (AvgIpc) is 2.56. The Bertz CT molecular complexity index is 303. The minimum Gasteiger partial charge on any atom is -0.395 e. The Morgan fingerprint density at radius 3 is 2.12 bits per heavy atom. The molecule has 1 aliphatic heterocycles. The molecule has 1 saturated heterocycles. The lowest BCUT2D eigenvalue weighted by atomic mass is 9.89. The Hall–Kier alpha value is -0.200. The number of piperidine rings is 1. The van der Waals surface area contributed by atoms with Gasteiger partial charge in [0.15, 0.2) is 0 Å². The summed E-state index contributed by atoms with van der Waals surface area (Å²) < 4.78 is 0. The van der Waals surface area contributed by atoms with E-state index in [4.69, 9.17) is 0 Å². The molecule has 5 N–H and O–H groups in total. The summed E-state index contributed by atoms with van der Waals surface area (Å²) in [5, 5.41) is 42.1. The fraction of sp³-hybridized carbons (Fsp3) is 1.00. The van der Waals surface area contributed by atoms with Gasteiger partial charge in [0.1, 0.15) is 0 Å². The lowest BCUT2D eigenvalue weighted by Crippen LogP contribution is -2.59. The lowest BCUT2D eigenvalue weighted by molar-refractivity contribution is -0.0559. The molecule has 5 heteroatoms. The van der Waals surface area contributed by atoms with Gasteiger partial charge in [-0.2, -0.15) is 0 Å². The van der Waals surface area contributed by atoms with Gasteiger partial charge < -0.3 is 25.7 Å². The molecule has 0 aromatic heterocycles. The highest BCUT2D eigenvalue weighted by molar-refractivity contribution is 4.92. The summed E-state index contributed by atoms with van der Waals surface area (Å²) in [6.45, 7) is 2.03. The van der Waals surface area contributed by atoms with E-state index >= 15 is 0 Å². The number of unbranched alkanes of at least 4 members (excludes halogenated alkanes) is 8. The molecular formula is C19H39NO4. The molecule has 1 rings (SSSR count). The SMILES string of the molecule is CCCCCCCCCCC[C@H](O)C[C@H]1C[C@H](O)[C@@H](O)[C@@H](CO)N1. The van der Waals surface area contributed by atoms with Gasteiger partial charge in [0.25, 0.3) is 0 Å². The Morgan fingerprint density at radius 2 is 1.54 bits per heavy atom. The highest BCUT2D eigenvalue weighted by Gasteiger charge is 2.35. The van der Waals surface area contributed by atoms with Crippen molar-refractivity contribution in [2.24, 2.45) is 0 Å². The van der Waals surface area contributed by atoms with E-state index in [-0.39, 0.29) is 18.8 Å². The van der Waals surface area contributed by atoms with Crippen LogP contribution in [0.15, 0.2) is 0 Å². The molecule has 0 radical (unpaired) electrons. The van der Waals surface area contributed by atoms with Crippen molar-refractivity contribution < 1.29 is 20.4 Å². The second-order valence-electron chi connectivity index (χ2n) is 7.45. The van der Waals surface area contributed by atoms with Gasteiger partial charge in [0.05, 0.1) is 31.0 Å². The van der Waals surface area contributed by atoms with Crippen molar-refractivity contribution in [1.29, 1.82) is 0 Å². The Morgan fingerprint density at radius 1 is 0.958 bits per heavy atom. The van der Waals surface area contributed by atoms with E-state index in [9.17, 15) is 20.4 Å². The van der Waals surface area contributed by atoms with Gasteiger partial charge >= 0.3 is 0 Å². The van der Waals surface area contributed by atoms with E-state index in [1.807, 2.05) is 0 Å². The van der Waals surface area contributed by atoms with Crippen LogP contribution in [-0.2, 0) is 0 Å². The number of rotatable bonds is 13. The maximum absolute atomic E-state index is 10.2. The summed E-state index contributed by atoms with van der Waals surface area (Å²) in [6, 6.07) is -0.548. The minimum atomic E-state index is -0.930. The molecule has 0 bridgehead atoms. The van der Waals surface area contributed by atoms with Crippen LogP contribution in [0.5, 0.6) is 0 Å². The summed E-state index contributed by atoms with van der Waals surface area (Å²) >= 11 is 0. The number of aliphatic hydroxyl groups excluding tert-OH is 4. The monoisotopic (exact) mass is 345 g/mol. The molecule has 5 atom stereocenters. The molecule has 1 aliphatic rings. The smallest absolute Gasteiger partial charge is 0.0974 e. The summed E-state index contributed by atoms with van der Waals surface area (Å²) in [4.78, 5) is 0. The summed E-state index contributed by atoms with van der Waals surface area (Å²) in [7, 11) is 0. The molecule has 0 unspecified atom stereocenters. The quantitative estimate of drug-likeness (QED) is 0.330. The van der Waals surface area contributed by atoms with E-state index in [1.165, 1.54) is 51.4 Å². The van der Waals surface area contributed by atoms with Crippen molar-refractivity contribution in [3.05, 3.63) is 0 Å². The van der Waals surface area contributed by atoms with Gasteiger partial charge in [-0.05, 0) is 19.3 Å². The van der Waals surface area contributed by atoms with Crippen LogP contribution in [-0.4, -0.2) is 57.4 Å². The molecular weight excluding hydrogens is 306 g/mol. The molecule has 0 aromatic carbocycles. The van der Waals surface area contributed by atoms with Gasteiger partial charge in [-0.15, -0.1) is 0 Å². The lowest BCUT2D eigenvalue weighted by Gasteiger charge is -2.38. The van der Waals surface area contributed by atoms with E-state index in [0.717, 1.165) is 12.8 Å². The van der Waals surface area contributed by atoms with Gasteiger partial charge in [-0.1, -0.05) is 64.7 Å². The molecule has 0 spiro atoms. The number of nitrogens with one attached hydrogen (secondary N) is 1. The van der Waals surface area contributed by atoms with Gasteiger partial charge in [-0.25, -0.2) is 0 Å². The van der Waals surface area contributed by atoms with Gasteiger partial charge in [0.2, 0.25) is 0 Å². The second kappa shape index (κ2) is 13.1. The molecule has 0 aliphatic carbocycles. The topological polar surface area (TPSA) is 93.0 Å². The maximum atomic E-state index is 10.2. The summed E-state index contributed by atoms with van der Waals surface area (Å²) in [6.07, 6.45) is 11.1. The van der Waals surface area contributed by atoms with Crippen LogP contribution in [0.3, 0.4) is 0 Å². The third kappa shape index (κ3) is 8.77. The Kier molecular flexibility index (Phi) is 11.9. The Balaban J connectivity index is 2.04. The largest absolute Gasteiger partial charge is 0.395 e. The van der Waals surface area contributed by atoms with Crippen LogP contribution in [0.1, 0.15) is 84.0 Å². The van der Waals surface area contributed by atoms with Crippen LogP contribution in [0.4, 0.5) is 0 Å². The average molecular weight is 346 g/mol. The molecule has 0 saturated carbocycles. The van der Waals surface area contributed by atoms with E-state index in [1.54, 1.807) is 0 Å². The molecule has 1 fully saturated rings. The van der Waals surface area contributed by atoms with E-state index in [2.05, 4.69) is 12.2 Å². The number of hydrogen-bond donors (Lipinski definition) is 5. The van der Waals surface area contributed by atoms with Crippen molar-refractivity contribution in [3.8, 4) is 0 Å². The molecule has 5 nitrogen and oxygen atoms in total. The third-order valence-corrected chi connectivity index (χ3v) is 5.18. The summed E-state index contributed by atoms with van der Waals surface area (Å²) in [5.41, 5.74) is 0. The van der Waals surface area contributed by atoms with Crippen LogP contribution >= 0.6 is 0 Å². The van der Waals surface area contributed by atoms with Crippen LogP contribution in [0, 0.1) is 0 Å². The fourth-order valence-electron chi connectivity index (χ4n) is 3.63. The zero-order chi connectivity index (χ0) is 17.8. The minimum absolute atomic E-state index is 0.0471. The van der Waals surface area contributed by atoms with Gasteiger partial charge in [-0.3, -0.25) is 0 Å². The summed E-state index contributed by atoms with van der Waals surface area (Å²) in [5.74, 6) is 0. The standard InChI is InChI=1S/C19H39NO4/c1-2-3-4-5-6-7-8-9-10-11-16(22)12-15-13-18(23)19(24)17(14-21)20-15/h15-24H,2-14H2,1H3/t15-,16-,17+,18-,19-/m0/s1.